The van der Waals surface area contributed by atoms with Gasteiger partial charge in [0.05, 0.1) is 16.5 Å². The number of fused-ring (bicyclic) bond motifs is 2. The Morgan fingerprint density at radius 1 is 0.575 bits per heavy atom. The molecule has 0 saturated heterocycles. The minimum absolute atomic E-state index is 0.178. The van der Waals surface area contributed by atoms with Crippen molar-refractivity contribution in [1.29, 1.82) is 0 Å². The Kier molecular flexibility index (Phi) is 19.5. The van der Waals surface area contributed by atoms with Gasteiger partial charge in [0.25, 0.3) is 0 Å². The number of anilines is 4. The molecule has 3 aliphatic rings. The second-order valence-corrected chi connectivity index (χ2v) is 26.9. The van der Waals surface area contributed by atoms with Crippen molar-refractivity contribution in [1.82, 2.24) is 0 Å². The summed E-state index contributed by atoms with van der Waals surface area (Å²) in [6.45, 7) is 19.4. The zero-order chi connectivity index (χ0) is 61.6. The summed E-state index contributed by atoms with van der Waals surface area (Å²) in [5.74, 6) is -2.37. The van der Waals surface area contributed by atoms with E-state index in [0.29, 0.717) is 6.54 Å². The number of nitrogens with zero attached hydrogens (tertiary/aromatic N) is 3. The van der Waals surface area contributed by atoms with Crippen LogP contribution in [-0.4, -0.2) is 51.3 Å². The first-order valence-electron chi connectivity index (χ1n) is 31.9. The lowest BCUT2D eigenvalue weighted by Gasteiger charge is -2.32. The predicted octanol–water partition coefficient (Wildman–Crippen LogP) is 19.5. The van der Waals surface area contributed by atoms with Crippen LogP contribution in [0.15, 0.2) is 162 Å². The van der Waals surface area contributed by atoms with E-state index < -0.39 is 17.4 Å². The van der Waals surface area contributed by atoms with Crippen molar-refractivity contribution in [3.63, 3.8) is 0 Å². The van der Waals surface area contributed by atoms with Gasteiger partial charge in [-0.05, 0) is 172 Å². The third-order valence-corrected chi connectivity index (χ3v) is 20.8. The molecule has 0 unspecified atom stereocenters. The monoisotopic (exact) mass is 1200 g/mol. The SMILES string of the molecule is CCCCCCCC[N+]1=C(/C=C2\C(=O)C(/C=C3\N(CC)c4ccc(-c5sc(-c6sc(-c7ccc(N(c8ccc(C(=O)O)cc8)c8ccc(C(=O)O)cc8)cc7)cc6CCCCCC)cc5CCCCCC)cc4C3(C)C)=C2[O-])C(C)(C)c2ccccc21. The topological polar surface area (TPSA) is 124 Å². The van der Waals surface area contributed by atoms with Gasteiger partial charge < -0.3 is 25.1 Å². The highest BCUT2D eigenvalue weighted by Gasteiger charge is 2.46. The van der Waals surface area contributed by atoms with Crippen LogP contribution in [0.2, 0.25) is 0 Å². The number of rotatable bonds is 28. The number of ketones is 1. The average molecular weight is 1200 g/mol. The van der Waals surface area contributed by atoms with Gasteiger partial charge in [0, 0.05) is 95.2 Å². The molecule has 87 heavy (non-hydrogen) atoms. The summed E-state index contributed by atoms with van der Waals surface area (Å²) in [5.41, 5.74) is 14.1. The summed E-state index contributed by atoms with van der Waals surface area (Å²) in [4.78, 5) is 47.4. The first kappa shape index (κ1) is 62.5. The molecule has 0 amide bonds. The van der Waals surface area contributed by atoms with E-state index in [0.717, 1.165) is 84.8 Å². The number of likely N-dealkylation sites (N-methyl/N-ethyl adjacent to an activating group) is 1. The molecule has 0 atom stereocenters. The number of aryl methyl sites for hydroxylation is 2. The molecule has 10 rings (SSSR count). The number of unbranched alkanes of at least 4 members (excludes halogenated alkanes) is 11. The van der Waals surface area contributed by atoms with Crippen molar-refractivity contribution in [2.24, 2.45) is 0 Å². The minimum Gasteiger partial charge on any atom is -0.871 e. The molecule has 5 aromatic carbocycles. The minimum atomic E-state index is -1.01. The summed E-state index contributed by atoms with van der Waals surface area (Å²) in [5, 5.41) is 33.8. The van der Waals surface area contributed by atoms with Crippen molar-refractivity contribution in [3.8, 4) is 30.6 Å². The number of carboxylic acid groups (broad SMARTS) is 2. The summed E-state index contributed by atoms with van der Waals surface area (Å²) >= 11 is 3.74. The maximum absolute atomic E-state index is 14.4. The average Bonchev–Trinajstić information content (AvgIpc) is 1.71. The van der Waals surface area contributed by atoms with Gasteiger partial charge in [-0.3, -0.25) is 4.79 Å². The molecule has 9 nitrogen and oxygen atoms in total. The molecule has 0 radical (unpaired) electrons. The zero-order valence-corrected chi connectivity index (χ0v) is 53.8. The van der Waals surface area contributed by atoms with E-state index in [4.69, 9.17) is 0 Å². The van der Waals surface area contributed by atoms with Gasteiger partial charge in [-0.15, -0.1) is 22.7 Å². The number of carboxylic acids is 2. The van der Waals surface area contributed by atoms with E-state index in [1.54, 1.807) is 48.5 Å². The number of carbonyl (C=O) groups excluding carboxylic acids is 1. The van der Waals surface area contributed by atoms with Gasteiger partial charge >= 0.3 is 11.9 Å². The van der Waals surface area contributed by atoms with Gasteiger partial charge in [-0.1, -0.05) is 141 Å². The third-order valence-electron chi connectivity index (χ3n) is 18.1. The van der Waals surface area contributed by atoms with E-state index >= 15 is 0 Å². The van der Waals surface area contributed by atoms with Crippen LogP contribution in [0.4, 0.5) is 28.4 Å². The van der Waals surface area contributed by atoms with Crippen molar-refractivity contribution in [2.75, 3.05) is 22.9 Å². The molecule has 11 heteroatoms. The lowest BCUT2D eigenvalue weighted by molar-refractivity contribution is -0.438. The second-order valence-electron chi connectivity index (χ2n) is 24.8. The lowest BCUT2D eigenvalue weighted by atomic mass is 9.77. The predicted molar refractivity (Wildman–Crippen MR) is 360 cm³/mol. The highest BCUT2D eigenvalue weighted by Crippen LogP contribution is 2.53. The number of Topliss-reactive ketones (excluding diaryl/α,β-unsaturated/α-hetero) is 1. The van der Waals surface area contributed by atoms with E-state index in [1.165, 1.54) is 117 Å². The Balaban J connectivity index is 0.975. The Hall–Kier alpha value is -7.60. The molecular weight excluding hydrogens is 1110 g/mol. The van der Waals surface area contributed by atoms with Gasteiger partial charge in [0.1, 0.15) is 6.54 Å². The molecule has 0 fully saturated rings. The zero-order valence-electron chi connectivity index (χ0n) is 52.2. The van der Waals surface area contributed by atoms with Gasteiger partial charge in [-0.25, -0.2) is 9.59 Å². The Morgan fingerprint density at radius 3 is 1.67 bits per heavy atom. The summed E-state index contributed by atoms with van der Waals surface area (Å²) in [6.07, 6.45) is 22.2. The summed E-state index contributed by atoms with van der Waals surface area (Å²) in [6, 6.07) is 42.2. The normalized spacial score (nSPS) is 15.9. The fraction of sp³-hybridized carbons (Fsp3) is 0.368. The molecule has 7 aromatic rings. The first-order chi connectivity index (χ1) is 42.0. The van der Waals surface area contributed by atoms with E-state index in [-0.39, 0.29) is 39.2 Å². The molecule has 452 valence electrons. The van der Waals surface area contributed by atoms with Crippen molar-refractivity contribution >= 4 is 74.5 Å². The first-order valence-corrected chi connectivity index (χ1v) is 33.5. The largest absolute Gasteiger partial charge is 0.871 e. The van der Waals surface area contributed by atoms with Crippen LogP contribution in [0.3, 0.4) is 0 Å². The Labute approximate surface area is 523 Å². The molecule has 2 N–H and O–H groups in total. The van der Waals surface area contributed by atoms with Crippen molar-refractivity contribution < 1.29 is 34.3 Å². The Morgan fingerprint density at radius 2 is 1.09 bits per heavy atom. The number of para-hydroxylation sites is 1. The number of allylic oxidation sites excluding steroid dienone is 5. The number of thiophene rings is 2. The van der Waals surface area contributed by atoms with Gasteiger partial charge in [-0.2, -0.15) is 4.58 Å². The maximum atomic E-state index is 14.4. The number of hydrogen-bond donors (Lipinski definition) is 2. The standard InChI is InChI=1S/C76H85N3O6S2/c1-9-13-16-19-20-25-44-78-63-29-24-23-28-61(63)75(5,6)68(78)49-60-69(80)59(70(60)81)48-67-76(7,8)62-45-55(36-43-64(62)77(67)12-4)71-53(26-21-17-14-10-2)47-66(87-71)72-54(27-22-18-15-11-3)46-65(86-72)50-30-37-56(38-31-50)79(57-39-32-51(33-40-57)73(82)83)58-41-34-52(35-42-58)74(84)85/h23-24,28-43,45-49H,9-22,25-27,44H2,1-8H3,(H2-,80,81,82,83,84,85). The number of benzene rings is 5. The van der Waals surface area contributed by atoms with Crippen LogP contribution in [-0.2, 0) is 28.5 Å². The van der Waals surface area contributed by atoms with Crippen molar-refractivity contribution in [2.45, 2.75) is 169 Å². The smallest absolute Gasteiger partial charge is 0.335 e. The number of hydrogen-bond acceptors (Lipinski definition) is 8. The Bertz CT molecular complexity index is 3740. The number of aromatic carboxylic acids is 2. The van der Waals surface area contributed by atoms with Crippen LogP contribution in [0.25, 0.3) is 30.6 Å². The molecule has 2 aromatic heterocycles. The van der Waals surface area contributed by atoms with Gasteiger partial charge in [0.2, 0.25) is 5.69 Å². The van der Waals surface area contributed by atoms with Crippen LogP contribution < -0.4 is 14.9 Å². The lowest BCUT2D eigenvalue weighted by Crippen LogP contribution is -2.35. The molecule has 1 aliphatic carbocycles. The quantitative estimate of drug-likeness (QED) is 0.0282. The number of carbonyl (C=O) groups is 3. The van der Waals surface area contributed by atoms with Crippen LogP contribution in [0, 0.1) is 0 Å². The third kappa shape index (κ3) is 12.9. The molecule has 0 saturated carbocycles. The van der Waals surface area contributed by atoms with Crippen LogP contribution in [0.1, 0.15) is 188 Å². The second kappa shape index (κ2) is 27.2. The highest BCUT2D eigenvalue weighted by molar-refractivity contribution is 7.25. The molecule has 4 heterocycles. The molecular formula is C76H85N3O6S2. The summed E-state index contributed by atoms with van der Waals surface area (Å²) < 4.78 is 2.37. The molecule has 2 aliphatic heterocycles. The van der Waals surface area contributed by atoms with Crippen LogP contribution in [0.5, 0.6) is 0 Å². The molecule has 0 spiro atoms. The van der Waals surface area contributed by atoms with E-state index in [1.807, 2.05) is 39.7 Å². The maximum Gasteiger partial charge on any atom is 0.335 e. The van der Waals surface area contributed by atoms with Crippen molar-refractivity contribution in [3.05, 3.63) is 196 Å². The molecule has 0 bridgehead atoms. The van der Waals surface area contributed by atoms with E-state index in [2.05, 4.69) is 144 Å². The van der Waals surface area contributed by atoms with E-state index in [9.17, 15) is 29.7 Å². The van der Waals surface area contributed by atoms with Crippen LogP contribution >= 0.6 is 22.7 Å². The highest BCUT2D eigenvalue weighted by atomic mass is 32.1. The van der Waals surface area contributed by atoms with Gasteiger partial charge in [0.15, 0.2) is 11.5 Å². The fourth-order valence-electron chi connectivity index (χ4n) is 13.1. The fourth-order valence-corrected chi connectivity index (χ4v) is 15.7. The summed E-state index contributed by atoms with van der Waals surface area (Å²) in [7, 11) is 0.